The maximum Gasteiger partial charge on any atom is 0.123 e. The first-order valence-corrected chi connectivity index (χ1v) is 30.3. The molecule has 4 aromatic heterocycles. The summed E-state index contributed by atoms with van der Waals surface area (Å²) in [6.07, 6.45) is 0. The lowest BCUT2D eigenvalue weighted by atomic mass is 10.1. The summed E-state index contributed by atoms with van der Waals surface area (Å²) in [7, 11) is 0. The van der Waals surface area contributed by atoms with Gasteiger partial charge in [0.2, 0.25) is 0 Å². The van der Waals surface area contributed by atoms with E-state index in [2.05, 4.69) is 307 Å². The van der Waals surface area contributed by atoms with Crippen molar-refractivity contribution in [3.8, 4) is 45.3 Å². The van der Waals surface area contributed by atoms with E-state index in [0.29, 0.717) is 0 Å². The Balaban J connectivity index is 0.792. The van der Waals surface area contributed by atoms with Crippen LogP contribution in [0.4, 0.5) is 42.9 Å². The quantitative estimate of drug-likeness (QED) is 0.122. The Labute approximate surface area is 518 Å². The summed E-state index contributed by atoms with van der Waals surface area (Å²) < 4.78 is 38.8. The molecule has 90 heavy (non-hydrogen) atoms. The Hall–Kier alpha value is -12.0. The highest BCUT2D eigenvalue weighted by molar-refractivity contribution is 6.12. The second-order valence-corrected chi connectivity index (χ2v) is 22.9. The topological polar surface area (TPSA) is 26.2 Å². The van der Waals surface area contributed by atoms with Gasteiger partial charge in [-0.3, -0.25) is 0 Å². The van der Waals surface area contributed by atoms with Gasteiger partial charge in [0, 0.05) is 89.2 Å². The minimum atomic E-state index is -0.297. The molecule has 0 aliphatic heterocycles. The average molecular weight is 1160 g/mol. The fourth-order valence-corrected chi connectivity index (χ4v) is 13.6. The van der Waals surface area contributed by atoms with Gasteiger partial charge in [-0.1, -0.05) is 109 Å². The number of fused-ring (bicyclic) bond motifs is 8. The summed E-state index contributed by atoms with van der Waals surface area (Å²) in [5, 5.41) is 6.69. The smallest absolute Gasteiger partial charge is 0.123 e. The summed E-state index contributed by atoms with van der Waals surface area (Å²) in [6, 6.07) is 113. The van der Waals surface area contributed by atoms with Crippen LogP contribution in [0.15, 0.2) is 328 Å². The molecule has 0 radical (unpaired) electrons. The van der Waals surface area contributed by atoms with Gasteiger partial charge in [0.1, 0.15) is 11.6 Å². The van der Waals surface area contributed by atoms with Gasteiger partial charge in [-0.05, 0) is 230 Å². The molecule has 0 aliphatic carbocycles. The molecule has 0 unspecified atom stereocenters. The molecule has 0 saturated heterocycles. The standard InChI is InChI=1S/C82H54F2N6/c83-59-33-29-55(30-34-59)79-49-57-52-82-58(51-81(57)89(79)67-41-37-65(38-42-67)85(61-17-5-1-6-18-61)69-45-47-77-73(53-69)71-25-13-15-27-75(71)87(77)63-21-9-3-10-22-63)50-80(56-31-35-60(84)36-32-56)90(82)68-43-39-66(40-44-68)86(62-19-7-2-8-20-62)70-46-48-78-74(54-70)72-26-14-16-28-76(72)88(78)64-23-11-4-12-24-64/h1-54H. The zero-order chi connectivity index (χ0) is 59.8. The van der Waals surface area contributed by atoms with E-state index < -0.39 is 0 Å². The molecule has 13 aromatic carbocycles. The van der Waals surface area contributed by atoms with Crippen LogP contribution < -0.4 is 9.80 Å². The zero-order valence-electron chi connectivity index (χ0n) is 48.6. The molecular weight excluding hydrogens is 1110 g/mol. The average Bonchev–Trinajstić information content (AvgIpc) is 1.62. The lowest BCUT2D eigenvalue weighted by Crippen LogP contribution is -2.10. The molecule has 426 valence electrons. The SMILES string of the molecule is Fc1ccc(-c2cc3cc4c(cc(-c5ccc(F)cc5)n4-c4ccc(N(c5ccccc5)c5ccc6c(c5)c5ccccc5n6-c5ccccc5)cc4)cc3n2-c2ccc(N(c3ccccc3)c3ccc4c(c3)c3ccccc3n4-c3ccccc3)cc2)cc1. The number of aromatic nitrogens is 4. The first kappa shape index (κ1) is 52.3. The number of anilines is 6. The summed E-state index contributed by atoms with van der Waals surface area (Å²) in [5.41, 5.74) is 20.4. The highest BCUT2D eigenvalue weighted by Crippen LogP contribution is 2.45. The van der Waals surface area contributed by atoms with E-state index in [1.807, 2.05) is 24.3 Å². The summed E-state index contributed by atoms with van der Waals surface area (Å²) in [5.74, 6) is -0.595. The number of hydrogen-bond acceptors (Lipinski definition) is 2. The van der Waals surface area contributed by atoms with Crippen LogP contribution in [-0.2, 0) is 0 Å². The van der Waals surface area contributed by atoms with Crippen LogP contribution >= 0.6 is 0 Å². The van der Waals surface area contributed by atoms with Crippen molar-refractivity contribution < 1.29 is 8.78 Å². The lowest BCUT2D eigenvalue weighted by Gasteiger charge is -2.26. The molecule has 6 nitrogen and oxygen atoms in total. The predicted octanol–water partition coefficient (Wildman–Crippen LogP) is 22.3. The van der Waals surface area contributed by atoms with E-state index in [1.165, 1.54) is 35.0 Å². The molecule has 4 heterocycles. The van der Waals surface area contributed by atoms with Crippen molar-refractivity contribution in [2.45, 2.75) is 0 Å². The van der Waals surface area contributed by atoms with Gasteiger partial charge in [-0.25, -0.2) is 8.78 Å². The Kier molecular flexibility index (Phi) is 12.5. The van der Waals surface area contributed by atoms with Crippen LogP contribution in [0.3, 0.4) is 0 Å². The van der Waals surface area contributed by atoms with E-state index in [4.69, 9.17) is 0 Å². The van der Waals surface area contributed by atoms with Gasteiger partial charge in [0.15, 0.2) is 0 Å². The highest BCUT2D eigenvalue weighted by atomic mass is 19.1. The van der Waals surface area contributed by atoms with Crippen molar-refractivity contribution in [3.63, 3.8) is 0 Å². The van der Waals surface area contributed by atoms with Gasteiger partial charge in [0.25, 0.3) is 0 Å². The normalized spacial score (nSPS) is 11.7. The Morgan fingerprint density at radius 2 is 0.522 bits per heavy atom. The van der Waals surface area contributed by atoms with E-state index in [0.717, 1.165) is 134 Å². The van der Waals surface area contributed by atoms with Gasteiger partial charge in [-0.2, -0.15) is 0 Å². The number of nitrogens with zero attached hydrogens (tertiary/aromatic N) is 6. The van der Waals surface area contributed by atoms with E-state index >= 15 is 0 Å². The molecule has 0 aliphatic rings. The van der Waals surface area contributed by atoms with E-state index in [1.54, 1.807) is 0 Å². The second-order valence-electron chi connectivity index (χ2n) is 22.9. The number of para-hydroxylation sites is 6. The van der Waals surface area contributed by atoms with Gasteiger partial charge in [0.05, 0.1) is 44.5 Å². The van der Waals surface area contributed by atoms with Crippen LogP contribution in [0.5, 0.6) is 0 Å². The van der Waals surface area contributed by atoms with Crippen molar-refractivity contribution in [3.05, 3.63) is 339 Å². The zero-order valence-corrected chi connectivity index (χ0v) is 48.6. The van der Waals surface area contributed by atoms with Crippen LogP contribution in [0.1, 0.15) is 0 Å². The molecule has 0 spiro atoms. The molecule has 0 atom stereocenters. The molecule has 0 N–H and O–H groups in total. The monoisotopic (exact) mass is 1160 g/mol. The predicted molar refractivity (Wildman–Crippen MR) is 369 cm³/mol. The van der Waals surface area contributed by atoms with Crippen molar-refractivity contribution in [1.29, 1.82) is 0 Å². The van der Waals surface area contributed by atoms with Crippen molar-refractivity contribution in [2.75, 3.05) is 9.80 Å². The summed E-state index contributed by atoms with van der Waals surface area (Å²) in [4.78, 5) is 4.63. The second kappa shape index (κ2) is 21.4. The number of hydrogen-bond donors (Lipinski definition) is 0. The van der Waals surface area contributed by atoms with E-state index in [9.17, 15) is 8.78 Å². The maximum atomic E-state index is 14.8. The molecule has 0 saturated carbocycles. The Morgan fingerprint density at radius 1 is 0.211 bits per heavy atom. The minimum Gasteiger partial charge on any atom is -0.310 e. The summed E-state index contributed by atoms with van der Waals surface area (Å²) in [6.45, 7) is 0. The fourth-order valence-electron chi connectivity index (χ4n) is 13.6. The largest absolute Gasteiger partial charge is 0.310 e. The minimum absolute atomic E-state index is 0.297. The third-order valence-corrected chi connectivity index (χ3v) is 17.6. The molecule has 17 rings (SSSR count). The van der Waals surface area contributed by atoms with Gasteiger partial charge < -0.3 is 28.1 Å². The first-order valence-electron chi connectivity index (χ1n) is 30.3. The van der Waals surface area contributed by atoms with E-state index in [-0.39, 0.29) is 11.6 Å². The molecule has 0 amide bonds. The molecule has 8 heteroatoms. The van der Waals surface area contributed by atoms with Crippen LogP contribution in [-0.4, -0.2) is 18.3 Å². The Bertz CT molecular complexity index is 5170. The molecule has 17 aromatic rings. The van der Waals surface area contributed by atoms with Gasteiger partial charge >= 0.3 is 0 Å². The fraction of sp³-hybridized carbons (Fsp3) is 0. The number of rotatable bonds is 12. The maximum absolute atomic E-state index is 14.8. The third kappa shape index (κ3) is 8.83. The first-order chi connectivity index (χ1) is 44.5. The van der Waals surface area contributed by atoms with Crippen molar-refractivity contribution >= 4 is 99.5 Å². The molecule has 0 bridgehead atoms. The van der Waals surface area contributed by atoms with Crippen molar-refractivity contribution in [2.24, 2.45) is 0 Å². The number of benzene rings is 13. The third-order valence-electron chi connectivity index (χ3n) is 17.6. The molecular formula is C82H54F2N6. The van der Waals surface area contributed by atoms with Gasteiger partial charge in [-0.15, -0.1) is 0 Å². The van der Waals surface area contributed by atoms with Crippen molar-refractivity contribution in [1.82, 2.24) is 18.3 Å². The highest BCUT2D eigenvalue weighted by Gasteiger charge is 2.23. The van der Waals surface area contributed by atoms with Crippen LogP contribution in [0, 0.1) is 11.6 Å². The summed E-state index contributed by atoms with van der Waals surface area (Å²) >= 11 is 0. The Morgan fingerprint density at radius 3 is 0.911 bits per heavy atom. The van der Waals surface area contributed by atoms with Crippen LogP contribution in [0.2, 0.25) is 0 Å². The molecule has 0 fully saturated rings. The van der Waals surface area contributed by atoms with Crippen LogP contribution in [0.25, 0.3) is 111 Å². The number of halogens is 2. The lowest BCUT2D eigenvalue weighted by molar-refractivity contribution is 0.627.